The van der Waals surface area contributed by atoms with Crippen molar-refractivity contribution < 1.29 is 0 Å². The third-order valence-corrected chi connectivity index (χ3v) is 4.44. The SMILES string of the molecule is CC1CN(c2cc(Br)ccc2C(=N)N)CC(C)N1C. The Hall–Kier alpha value is -1.07. The number of halogens is 1. The Bertz CT molecular complexity index is 476. The summed E-state index contributed by atoms with van der Waals surface area (Å²) in [6.45, 7) is 6.37. The van der Waals surface area contributed by atoms with Crippen LogP contribution in [0.4, 0.5) is 5.69 Å². The Kier molecular flexibility index (Phi) is 4.16. The maximum Gasteiger partial charge on any atom is 0.124 e. The molecule has 0 aromatic heterocycles. The molecule has 0 aliphatic carbocycles. The molecule has 0 amide bonds. The van der Waals surface area contributed by atoms with E-state index in [1.165, 1.54) is 0 Å². The smallest absolute Gasteiger partial charge is 0.124 e. The minimum Gasteiger partial charge on any atom is -0.384 e. The van der Waals surface area contributed by atoms with E-state index in [9.17, 15) is 0 Å². The molecule has 0 saturated carbocycles. The molecule has 5 heteroatoms. The quantitative estimate of drug-likeness (QED) is 0.648. The second-order valence-electron chi connectivity index (χ2n) is 5.34. The first-order valence-corrected chi connectivity index (χ1v) is 7.30. The van der Waals surface area contributed by atoms with Gasteiger partial charge in [0.2, 0.25) is 0 Å². The van der Waals surface area contributed by atoms with Gasteiger partial charge in [-0.3, -0.25) is 10.3 Å². The molecule has 3 N–H and O–H groups in total. The fourth-order valence-electron chi connectivity index (χ4n) is 2.60. The van der Waals surface area contributed by atoms with Crippen molar-refractivity contribution in [1.82, 2.24) is 4.90 Å². The molecule has 2 rings (SSSR count). The highest BCUT2D eigenvalue weighted by molar-refractivity contribution is 9.10. The Morgan fingerprint density at radius 3 is 2.42 bits per heavy atom. The van der Waals surface area contributed by atoms with Gasteiger partial charge in [0.15, 0.2) is 0 Å². The molecule has 1 aliphatic heterocycles. The zero-order chi connectivity index (χ0) is 14.2. The number of nitrogens with zero attached hydrogens (tertiary/aromatic N) is 2. The number of anilines is 1. The summed E-state index contributed by atoms with van der Waals surface area (Å²) in [5.41, 5.74) is 7.56. The summed E-state index contributed by atoms with van der Waals surface area (Å²) >= 11 is 3.51. The largest absolute Gasteiger partial charge is 0.384 e. The lowest BCUT2D eigenvalue weighted by molar-refractivity contribution is 0.170. The summed E-state index contributed by atoms with van der Waals surface area (Å²) in [6.07, 6.45) is 0. The van der Waals surface area contributed by atoms with Gasteiger partial charge in [-0.2, -0.15) is 0 Å². The summed E-state index contributed by atoms with van der Waals surface area (Å²) < 4.78 is 1.02. The van der Waals surface area contributed by atoms with E-state index in [-0.39, 0.29) is 5.84 Å². The van der Waals surface area contributed by atoms with Crippen LogP contribution in [0.3, 0.4) is 0 Å². The molecule has 2 unspecified atom stereocenters. The molecule has 4 nitrogen and oxygen atoms in total. The standard InChI is InChI=1S/C14H21BrN4/c1-9-7-19(8-10(2)18(9)3)13-6-11(15)4-5-12(13)14(16)17/h4-6,9-10H,7-8H2,1-3H3,(H3,16,17). The molecule has 104 valence electrons. The van der Waals surface area contributed by atoms with E-state index >= 15 is 0 Å². The Labute approximate surface area is 123 Å². The van der Waals surface area contributed by atoms with Crippen LogP contribution >= 0.6 is 15.9 Å². The van der Waals surface area contributed by atoms with Crippen LogP contribution in [-0.2, 0) is 0 Å². The van der Waals surface area contributed by atoms with Gasteiger partial charge < -0.3 is 10.6 Å². The number of amidine groups is 1. The predicted molar refractivity (Wildman–Crippen MR) is 84.1 cm³/mol. The van der Waals surface area contributed by atoms with Crippen molar-refractivity contribution in [3.05, 3.63) is 28.2 Å². The van der Waals surface area contributed by atoms with Crippen LogP contribution in [0.15, 0.2) is 22.7 Å². The van der Waals surface area contributed by atoms with Gasteiger partial charge >= 0.3 is 0 Å². The number of hydrogen-bond donors (Lipinski definition) is 2. The molecule has 1 heterocycles. The lowest BCUT2D eigenvalue weighted by Gasteiger charge is -2.44. The van der Waals surface area contributed by atoms with Crippen molar-refractivity contribution in [2.75, 3.05) is 25.0 Å². The first kappa shape index (κ1) is 14.3. The summed E-state index contributed by atoms with van der Waals surface area (Å²) in [5.74, 6) is 0.127. The first-order chi connectivity index (χ1) is 8.90. The van der Waals surface area contributed by atoms with E-state index in [1.807, 2.05) is 12.1 Å². The molecular weight excluding hydrogens is 304 g/mol. The fourth-order valence-corrected chi connectivity index (χ4v) is 2.94. The topological polar surface area (TPSA) is 56.4 Å². The zero-order valence-electron chi connectivity index (χ0n) is 11.7. The van der Waals surface area contributed by atoms with E-state index in [0.717, 1.165) is 28.8 Å². The van der Waals surface area contributed by atoms with E-state index < -0.39 is 0 Å². The number of likely N-dealkylation sites (N-methyl/N-ethyl adjacent to an activating group) is 1. The molecule has 1 fully saturated rings. The van der Waals surface area contributed by atoms with Crippen molar-refractivity contribution in [2.45, 2.75) is 25.9 Å². The third kappa shape index (κ3) is 2.92. The molecular formula is C14H21BrN4. The summed E-state index contributed by atoms with van der Waals surface area (Å²) in [5, 5.41) is 7.73. The Morgan fingerprint density at radius 2 is 1.89 bits per heavy atom. The summed E-state index contributed by atoms with van der Waals surface area (Å²) in [7, 11) is 2.17. The predicted octanol–water partition coefficient (Wildman–Crippen LogP) is 2.26. The van der Waals surface area contributed by atoms with E-state index in [4.69, 9.17) is 11.1 Å². The van der Waals surface area contributed by atoms with Crippen LogP contribution < -0.4 is 10.6 Å². The van der Waals surface area contributed by atoms with Crippen molar-refractivity contribution in [2.24, 2.45) is 5.73 Å². The van der Waals surface area contributed by atoms with Crippen LogP contribution in [0.1, 0.15) is 19.4 Å². The molecule has 1 saturated heterocycles. The van der Waals surface area contributed by atoms with Gasteiger partial charge in [0, 0.05) is 40.9 Å². The Balaban J connectivity index is 2.36. The molecule has 1 aromatic rings. The lowest BCUT2D eigenvalue weighted by Crippen LogP contribution is -2.55. The van der Waals surface area contributed by atoms with Gasteiger partial charge in [0.05, 0.1) is 0 Å². The number of nitrogen functional groups attached to an aromatic ring is 1. The maximum absolute atomic E-state index is 7.73. The summed E-state index contributed by atoms with van der Waals surface area (Å²) in [4.78, 5) is 4.72. The van der Waals surface area contributed by atoms with Crippen LogP contribution in [0.25, 0.3) is 0 Å². The maximum atomic E-state index is 7.73. The number of rotatable bonds is 2. The van der Waals surface area contributed by atoms with Gasteiger partial charge in [-0.1, -0.05) is 15.9 Å². The molecule has 19 heavy (non-hydrogen) atoms. The van der Waals surface area contributed by atoms with Gasteiger partial charge in [-0.25, -0.2) is 0 Å². The van der Waals surface area contributed by atoms with Crippen molar-refractivity contribution in [3.63, 3.8) is 0 Å². The highest BCUT2D eigenvalue weighted by Crippen LogP contribution is 2.28. The number of hydrogen-bond acceptors (Lipinski definition) is 3. The molecule has 0 radical (unpaired) electrons. The highest BCUT2D eigenvalue weighted by atomic mass is 79.9. The molecule has 0 spiro atoms. The van der Waals surface area contributed by atoms with E-state index in [0.29, 0.717) is 12.1 Å². The average molecular weight is 325 g/mol. The van der Waals surface area contributed by atoms with Crippen LogP contribution in [0, 0.1) is 5.41 Å². The number of piperazine rings is 1. The second kappa shape index (κ2) is 5.51. The van der Waals surface area contributed by atoms with E-state index in [1.54, 1.807) is 0 Å². The molecule has 0 bridgehead atoms. The third-order valence-electron chi connectivity index (χ3n) is 3.95. The normalized spacial score (nSPS) is 24.5. The monoisotopic (exact) mass is 324 g/mol. The van der Waals surface area contributed by atoms with Gasteiger partial charge in [0.1, 0.15) is 5.84 Å². The van der Waals surface area contributed by atoms with Crippen molar-refractivity contribution >= 4 is 27.5 Å². The van der Waals surface area contributed by atoms with Gasteiger partial charge in [-0.05, 0) is 39.1 Å². The fraction of sp³-hybridized carbons (Fsp3) is 0.500. The number of nitrogens with one attached hydrogen (secondary N) is 1. The van der Waals surface area contributed by atoms with Crippen LogP contribution in [0.5, 0.6) is 0 Å². The van der Waals surface area contributed by atoms with Crippen LogP contribution in [-0.4, -0.2) is 43.0 Å². The zero-order valence-corrected chi connectivity index (χ0v) is 13.2. The summed E-state index contributed by atoms with van der Waals surface area (Å²) in [6, 6.07) is 6.88. The van der Waals surface area contributed by atoms with E-state index in [2.05, 4.69) is 52.7 Å². The average Bonchev–Trinajstić information content (AvgIpc) is 2.34. The minimum atomic E-state index is 0.127. The van der Waals surface area contributed by atoms with Crippen molar-refractivity contribution in [3.8, 4) is 0 Å². The highest BCUT2D eigenvalue weighted by Gasteiger charge is 2.28. The molecule has 1 aliphatic rings. The number of benzene rings is 1. The Morgan fingerprint density at radius 1 is 1.32 bits per heavy atom. The first-order valence-electron chi connectivity index (χ1n) is 6.51. The number of nitrogens with two attached hydrogens (primary N) is 1. The van der Waals surface area contributed by atoms with Crippen molar-refractivity contribution in [1.29, 1.82) is 5.41 Å². The minimum absolute atomic E-state index is 0.127. The molecule has 2 atom stereocenters. The lowest BCUT2D eigenvalue weighted by atomic mass is 10.1. The second-order valence-corrected chi connectivity index (χ2v) is 6.26. The molecule has 1 aromatic carbocycles. The van der Waals surface area contributed by atoms with Crippen LogP contribution in [0.2, 0.25) is 0 Å². The van der Waals surface area contributed by atoms with Gasteiger partial charge in [0.25, 0.3) is 0 Å². The van der Waals surface area contributed by atoms with Gasteiger partial charge in [-0.15, -0.1) is 0 Å².